The molecule has 0 amide bonds. The monoisotopic (exact) mass is 319 g/mol. The summed E-state index contributed by atoms with van der Waals surface area (Å²) in [6.45, 7) is 2.92. The Balaban J connectivity index is 0.00000242. The summed E-state index contributed by atoms with van der Waals surface area (Å²) >= 11 is 0. The minimum absolute atomic E-state index is 0. The lowest BCUT2D eigenvalue weighted by atomic mass is 10.0. The highest BCUT2D eigenvalue weighted by Crippen LogP contribution is 2.18. The van der Waals surface area contributed by atoms with Crippen LogP contribution in [0, 0.1) is 0 Å². The molecule has 2 N–H and O–H groups in total. The molecule has 0 saturated carbocycles. The predicted molar refractivity (Wildman–Crippen MR) is 91.6 cm³/mol. The molecular formula is C18H22ClNO2. The van der Waals surface area contributed by atoms with Gasteiger partial charge in [0, 0.05) is 12.6 Å². The molecule has 118 valence electrons. The van der Waals surface area contributed by atoms with Crippen LogP contribution in [0.3, 0.4) is 0 Å². The molecule has 0 aliphatic carbocycles. The average molecular weight is 320 g/mol. The Morgan fingerprint density at radius 2 is 1.73 bits per heavy atom. The van der Waals surface area contributed by atoms with Gasteiger partial charge in [0.2, 0.25) is 0 Å². The highest BCUT2D eigenvalue weighted by Gasteiger charge is 2.09. The molecule has 0 radical (unpaired) electrons. The fourth-order valence-electron chi connectivity index (χ4n) is 2.37. The van der Waals surface area contributed by atoms with E-state index in [-0.39, 0.29) is 12.4 Å². The van der Waals surface area contributed by atoms with E-state index in [1.165, 1.54) is 5.56 Å². The highest BCUT2D eigenvalue weighted by atomic mass is 35.5. The summed E-state index contributed by atoms with van der Waals surface area (Å²) in [5.41, 5.74) is 2.71. The fraction of sp³-hybridized carbons (Fsp3) is 0.278. The topological polar surface area (TPSA) is 49.3 Å². The number of aromatic carboxylic acids is 1. The van der Waals surface area contributed by atoms with Gasteiger partial charge in [-0.2, -0.15) is 0 Å². The van der Waals surface area contributed by atoms with Gasteiger partial charge in [-0.25, -0.2) is 4.79 Å². The first-order valence-corrected chi connectivity index (χ1v) is 7.31. The Labute approximate surface area is 137 Å². The van der Waals surface area contributed by atoms with Crippen molar-refractivity contribution in [2.75, 3.05) is 0 Å². The van der Waals surface area contributed by atoms with Crippen molar-refractivity contribution in [1.82, 2.24) is 5.32 Å². The van der Waals surface area contributed by atoms with E-state index in [0.29, 0.717) is 11.6 Å². The molecule has 22 heavy (non-hydrogen) atoms. The van der Waals surface area contributed by atoms with Gasteiger partial charge < -0.3 is 10.4 Å². The SMILES string of the molecule is CCCC(NCc1ccc(C(=O)O)cc1)c1ccccc1.Cl. The predicted octanol–water partition coefficient (Wildman–Crippen LogP) is 4.44. The lowest BCUT2D eigenvalue weighted by Gasteiger charge is -2.18. The van der Waals surface area contributed by atoms with Crippen LogP contribution < -0.4 is 5.32 Å². The van der Waals surface area contributed by atoms with E-state index in [4.69, 9.17) is 5.11 Å². The number of carbonyl (C=O) groups is 1. The molecule has 3 nitrogen and oxygen atoms in total. The van der Waals surface area contributed by atoms with Gasteiger partial charge in [0.1, 0.15) is 0 Å². The van der Waals surface area contributed by atoms with Crippen molar-refractivity contribution in [3.05, 3.63) is 71.3 Å². The maximum atomic E-state index is 10.8. The Morgan fingerprint density at radius 3 is 2.27 bits per heavy atom. The van der Waals surface area contributed by atoms with E-state index < -0.39 is 5.97 Å². The third-order valence-corrected chi connectivity index (χ3v) is 3.53. The molecule has 2 aromatic carbocycles. The van der Waals surface area contributed by atoms with Crippen LogP contribution in [-0.2, 0) is 6.54 Å². The maximum absolute atomic E-state index is 10.8. The molecule has 0 heterocycles. The van der Waals surface area contributed by atoms with E-state index in [1.54, 1.807) is 12.1 Å². The van der Waals surface area contributed by atoms with Crippen molar-refractivity contribution in [2.45, 2.75) is 32.4 Å². The van der Waals surface area contributed by atoms with Gasteiger partial charge in [-0.3, -0.25) is 0 Å². The van der Waals surface area contributed by atoms with Gasteiger partial charge in [-0.1, -0.05) is 55.8 Å². The van der Waals surface area contributed by atoms with Gasteiger partial charge in [-0.05, 0) is 29.7 Å². The Kier molecular flexibility index (Phi) is 7.64. The van der Waals surface area contributed by atoms with Crippen molar-refractivity contribution >= 4 is 18.4 Å². The van der Waals surface area contributed by atoms with Crippen molar-refractivity contribution in [3.8, 4) is 0 Å². The van der Waals surface area contributed by atoms with E-state index in [0.717, 1.165) is 24.9 Å². The van der Waals surface area contributed by atoms with Crippen molar-refractivity contribution in [3.63, 3.8) is 0 Å². The van der Waals surface area contributed by atoms with Gasteiger partial charge in [0.15, 0.2) is 0 Å². The fourth-order valence-corrected chi connectivity index (χ4v) is 2.37. The first-order valence-electron chi connectivity index (χ1n) is 7.31. The quantitative estimate of drug-likeness (QED) is 0.793. The second-order valence-corrected chi connectivity index (χ2v) is 5.13. The number of carboxylic acid groups (broad SMARTS) is 1. The van der Waals surface area contributed by atoms with Crippen LogP contribution in [0.5, 0.6) is 0 Å². The molecule has 0 spiro atoms. The number of nitrogens with one attached hydrogen (secondary N) is 1. The molecule has 0 bridgehead atoms. The number of hydrogen-bond donors (Lipinski definition) is 2. The largest absolute Gasteiger partial charge is 0.478 e. The van der Waals surface area contributed by atoms with E-state index in [1.807, 2.05) is 18.2 Å². The third kappa shape index (κ3) is 5.17. The molecule has 1 unspecified atom stereocenters. The zero-order valence-electron chi connectivity index (χ0n) is 12.7. The van der Waals surface area contributed by atoms with Gasteiger partial charge in [0.25, 0.3) is 0 Å². The second-order valence-electron chi connectivity index (χ2n) is 5.13. The Bertz CT molecular complexity index is 569. The number of halogens is 1. The number of benzene rings is 2. The van der Waals surface area contributed by atoms with Crippen LogP contribution in [0.25, 0.3) is 0 Å². The number of hydrogen-bond acceptors (Lipinski definition) is 2. The van der Waals surface area contributed by atoms with Crippen LogP contribution in [-0.4, -0.2) is 11.1 Å². The summed E-state index contributed by atoms with van der Waals surface area (Å²) in [4.78, 5) is 10.8. The first-order chi connectivity index (χ1) is 10.2. The summed E-state index contributed by atoms with van der Waals surface area (Å²) in [7, 11) is 0. The second kappa shape index (κ2) is 9.23. The highest BCUT2D eigenvalue weighted by molar-refractivity contribution is 5.87. The summed E-state index contributed by atoms with van der Waals surface area (Å²) in [5, 5.41) is 12.5. The molecule has 0 aromatic heterocycles. The first kappa shape index (κ1) is 18.2. The number of rotatable bonds is 7. The Morgan fingerprint density at radius 1 is 1.09 bits per heavy atom. The van der Waals surface area contributed by atoms with E-state index in [2.05, 4.69) is 36.5 Å². The smallest absolute Gasteiger partial charge is 0.335 e. The lowest BCUT2D eigenvalue weighted by molar-refractivity contribution is 0.0697. The van der Waals surface area contributed by atoms with Crippen molar-refractivity contribution in [2.24, 2.45) is 0 Å². The molecule has 2 rings (SSSR count). The van der Waals surface area contributed by atoms with Gasteiger partial charge >= 0.3 is 5.97 Å². The van der Waals surface area contributed by atoms with Crippen molar-refractivity contribution < 1.29 is 9.90 Å². The molecule has 0 aliphatic rings. The van der Waals surface area contributed by atoms with Gasteiger partial charge in [-0.15, -0.1) is 12.4 Å². The van der Waals surface area contributed by atoms with E-state index >= 15 is 0 Å². The summed E-state index contributed by atoms with van der Waals surface area (Å²) in [5.74, 6) is -0.886. The third-order valence-electron chi connectivity index (χ3n) is 3.53. The average Bonchev–Trinajstić information content (AvgIpc) is 2.52. The zero-order valence-corrected chi connectivity index (χ0v) is 13.5. The van der Waals surface area contributed by atoms with Crippen molar-refractivity contribution in [1.29, 1.82) is 0 Å². The summed E-state index contributed by atoms with van der Waals surface area (Å²) in [6.07, 6.45) is 2.20. The van der Waals surface area contributed by atoms with Gasteiger partial charge in [0.05, 0.1) is 5.56 Å². The Hall–Kier alpha value is -1.84. The standard InChI is InChI=1S/C18H21NO2.ClH/c1-2-6-17(15-7-4-3-5-8-15)19-13-14-9-11-16(12-10-14)18(20)21;/h3-5,7-12,17,19H,2,6,13H2,1H3,(H,20,21);1H. The van der Waals surface area contributed by atoms with E-state index in [9.17, 15) is 4.79 Å². The minimum atomic E-state index is -0.886. The molecule has 0 aliphatic heterocycles. The molecular weight excluding hydrogens is 298 g/mol. The lowest BCUT2D eigenvalue weighted by Crippen LogP contribution is -2.20. The van der Waals surface area contributed by atoms with Crippen LogP contribution >= 0.6 is 12.4 Å². The molecule has 2 aromatic rings. The molecule has 1 atom stereocenters. The van der Waals surface area contributed by atoms with Crippen LogP contribution in [0.1, 0.15) is 47.3 Å². The molecule has 0 saturated heterocycles. The maximum Gasteiger partial charge on any atom is 0.335 e. The zero-order chi connectivity index (χ0) is 15.1. The number of carboxylic acids is 1. The van der Waals surface area contributed by atoms with Crippen LogP contribution in [0.4, 0.5) is 0 Å². The summed E-state index contributed by atoms with van der Waals surface area (Å²) < 4.78 is 0. The summed E-state index contributed by atoms with van der Waals surface area (Å²) in [6, 6.07) is 17.8. The molecule has 0 fully saturated rings. The molecule has 4 heteroatoms. The van der Waals surface area contributed by atoms with Crippen LogP contribution in [0.15, 0.2) is 54.6 Å². The minimum Gasteiger partial charge on any atom is -0.478 e. The normalized spacial score (nSPS) is 11.5. The van der Waals surface area contributed by atoms with Crippen LogP contribution in [0.2, 0.25) is 0 Å².